The average Bonchev–Trinajstić information content (AvgIpc) is 2.99. The summed E-state index contributed by atoms with van der Waals surface area (Å²) < 4.78 is 0. The molecular weight excluding hydrogens is 508 g/mol. The first-order chi connectivity index (χ1) is 20.3. The van der Waals surface area contributed by atoms with Crippen LogP contribution in [0.2, 0.25) is 0 Å². The summed E-state index contributed by atoms with van der Waals surface area (Å²) in [5.74, 6) is 0. The Morgan fingerprint density at radius 1 is 0.214 bits per heavy atom. The van der Waals surface area contributed by atoms with Crippen LogP contribution < -0.4 is 11.9 Å². The van der Waals surface area contributed by atoms with Crippen LogP contribution in [0.15, 0.2) is 0 Å². The van der Waals surface area contributed by atoms with E-state index in [2.05, 4.69) is 20.8 Å². The molecule has 0 saturated carbocycles. The van der Waals surface area contributed by atoms with Crippen LogP contribution in [-0.2, 0) is 0 Å². The molecule has 0 radical (unpaired) electrons. The first-order valence-electron chi connectivity index (χ1n) is 20.0. The second kappa shape index (κ2) is 47.8. The van der Waals surface area contributed by atoms with Crippen LogP contribution in [0, 0.1) is 0 Å². The van der Waals surface area contributed by atoms with Gasteiger partial charge in [0.1, 0.15) is 0 Å². The molecule has 2 heteroatoms. The largest absolute Gasteiger partial charge is 0.344 e. The number of rotatable bonds is 35. The third-order valence-electron chi connectivity index (χ3n) is 9.01. The van der Waals surface area contributed by atoms with Gasteiger partial charge in [-0.2, -0.15) is 0 Å². The van der Waals surface area contributed by atoms with Crippen molar-refractivity contribution in [3.63, 3.8) is 0 Å². The Labute approximate surface area is 269 Å². The molecule has 0 aliphatic rings. The first-order valence-corrected chi connectivity index (χ1v) is 20.0. The fourth-order valence-corrected chi connectivity index (χ4v) is 6.02. The van der Waals surface area contributed by atoms with Crippen molar-refractivity contribution in [3.8, 4) is 0 Å². The van der Waals surface area contributed by atoms with Gasteiger partial charge in [-0.25, -0.2) is 0 Å². The molecule has 0 spiro atoms. The van der Waals surface area contributed by atoms with Crippen molar-refractivity contribution in [2.45, 2.75) is 252 Å². The minimum absolute atomic E-state index is 0. The quantitative estimate of drug-likeness (QED) is 0.0715. The Kier molecular flexibility index (Phi) is 52.8. The zero-order valence-electron chi connectivity index (χ0n) is 30.4. The molecule has 0 aromatic heterocycles. The van der Waals surface area contributed by atoms with Crippen LogP contribution in [0.3, 0.4) is 0 Å². The maximum Gasteiger partial charge on any atom is -0.00773 e. The van der Waals surface area contributed by atoms with E-state index in [0.29, 0.717) is 0 Å². The Hall–Kier alpha value is -0.0800. The van der Waals surface area contributed by atoms with Gasteiger partial charge < -0.3 is 11.9 Å². The van der Waals surface area contributed by atoms with E-state index in [-0.39, 0.29) is 6.15 Å². The molecule has 0 aliphatic carbocycles. The van der Waals surface area contributed by atoms with Gasteiger partial charge in [-0.1, -0.05) is 245 Å². The van der Waals surface area contributed by atoms with Crippen LogP contribution in [0.25, 0.3) is 0 Å². The average molecular weight is 597 g/mol. The summed E-state index contributed by atoms with van der Waals surface area (Å²) in [4.78, 5) is 0. The van der Waals surface area contributed by atoms with Crippen LogP contribution >= 0.6 is 0 Å². The van der Waals surface area contributed by atoms with E-state index >= 15 is 0 Å². The van der Waals surface area contributed by atoms with E-state index in [1.165, 1.54) is 231 Å². The zero-order chi connectivity index (χ0) is 30.2. The summed E-state index contributed by atoms with van der Waals surface area (Å²) in [5, 5.41) is 0. The summed E-state index contributed by atoms with van der Waals surface area (Å²) in [6.45, 7) is 7.76. The Bertz CT molecular complexity index is 361. The van der Waals surface area contributed by atoms with Crippen molar-refractivity contribution in [3.05, 3.63) is 0 Å². The van der Waals surface area contributed by atoms with Gasteiger partial charge in [-0.15, -0.1) is 0 Å². The second-order valence-corrected chi connectivity index (χ2v) is 13.5. The van der Waals surface area contributed by atoms with Crippen molar-refractivity contribution < 1.29 is 0 Å². The smallest absolute Gasteiger partial charge is 0.00773 e. The van der Waals surface area contributed by atoms with E-state index < -0.39 is 0 Å². The highest BCUT2D eigenvalue weighted by Gasteiger charge is 1.96. The molecule has 42 heavy (non-hydrogen) atoms. The molecule has 0 aliphatic heterocycles. The van der Waals surface area contributed by atoms with Crippen LogP contribution in [0.1, 0.15) is 252 Å². The highest BCUT2D eigenvalue weighted by molar-refractivity contribution is 4.52. The van der Waals surface area contributed by atoms with Crippen LogP contribution in [0.5, 0.6) is 0 Å². The first kappa shape index (κ1) is 46.3. The molecule has 0 bridgehead atoms. The fourth-order valence-electron chi connectivity index (χ4n) is 6.02. The van der Waals surface area contributed by atoms with E-state index in [1.54, 1.807) is 0 Å². The standard InChI is InChI=1S/C22H46.C18H39N.H3N/c1-3-5-7-9-11-13-15-17-19-21-22-20-18-16-14-12-10-8-6-4-2;1-2-3-4-5-6-7-8-9-10-11-12-13-14-15-16-17-18-19;/h3-22H2,1-2H3;2-19H2,1H3;1H3. The van der Waals surface area contributed by atoms with Gasteiger partial charge in [0.25, 0.3) is 0 Å². The number of hydrogen-bond donors (Lipinski definition) is 2. The Morgan fingerprint density at radius 3 is 0.452 bits per heavy atom. The lowest BCUT2D eigenvalue weighted by Crippen LogP contribution is -1.97. The van der Waals surface area contributed by atoms with Crippen molar-refractivity contribution >= 4 is 0 Å². The molecule has 0 aromatic rings. The lowest BCUT2D eigenvalue weighted by molar-refractivity contribution is 0.523. The predicted octanol–water partition coefficient (Wildman–Crippen LogP) is 15.2. The minimum atomic E-state index is 0. The van der Waals surface area contributed by atoms with Crippen molar-refractivity contribution in [1.29, 1.82) is 0 Å². The maximum absolute atomic E-state index is 5.48. The Balaban J connectivity index is -0.000000715. The molecule has 5 N–H and O–H groups in total. The van der Waals surface area contributed by atoms with Crippen molar-refractivity contribution in [2.24, 2.45) is 5.73 Å². The summed E-state index contributed by atoms with van der Waals surface area (Å²) in [7, 11) is 0. The van der Waals surface area contributed by atoms with Gasteiger partial charge >= 0.3 is 0 Å². The third kappa shape index (κ3) is 49.6. The second-order valence-electron chi connectivity index (χ2n) is 13.5. The molecule has 0 saturated heterocycles. The number of nitrogens with two attached hydrogens (primary N) is 1. The lowest BCUT2D eigenvalue weighted by atomic mass is 10.0. The van der Waals surface area contributed by atoms with Gasteiger partial charge in [-0.05, 0) is 13.0 Å². The molecule has 0 heterocycles. The van der Waals surface area contributed by atoms with E-state index in [1.807, 2.05) is 0 Å². The van der Waals surface area contributed by atoms with Gasteiger partial charge in [0.15, 0.2) is 0 Å². The van der Waals surface area contributed by atoms with Crippen molar-refractivity contribution in [2.75, 3.05) is 6.54 Å². The zero-order valence-corrected chi connectivity index (χ0v) is 30.4. The molecule has 0 amide bonds. The molecule has 0 unspecified atom stereocenters. The molecule has 0 atom stereocenters. The molecular formula is C40H88N2. The summed E-state index contributed by atoms with van der Waals surface area (Å²) >= 11 is 0. The topological polar surface area (TPSA) is 61.0 Å². The SMILES string of the molecule is CCCCCCCCCCCCCCCCCCCCCC.CCCCCCCCCCCCCCCCCCN.N. The predicted molar refractivity (Wildman–Crippen MR) is 197 cm³/mol. The molecule has 0 rings (SSSR count). The summed E-state index contributed by atoms with van der Waals surface area (Å²) in [6, 6.07) is 0. The third-order valence-corrected chi connectivity index (χ3v) is 9.01. The lowest BCUT2D eigenvalue weighted by Gasteiger charge is -2.03. The molecule has 0 aromatic carbocycles. The van der Waals surface area contributed by atoms with E-state index in [4.69, 9.17) is 5.73 Å². The number of hydrogen-bond acceptors (Lipinski definition) is 2. The fraction of sp³-hybridized carbons (Fsp3) is 1.00. The molecule has 258 valence electrons. The van der Waals surface area contributed by atoms with E-state index in [9.17, 15) is 0 Å². The van der Waals surface area contributed by atoms with Gasteiger partial charge in [-0.3, -0.25) is 0 Å². The van der Waals surface area contributed by atoms with Gasteiger partial charge in [0.2, 0.25) is 0 Å². The molecule has 0 fully saturated rings. The van der Waals surface area contributed by atoms with Gasteiger partial charge in [0.05, 0.1) is 0 Å². The maximum atomic E-state index is 5.48. The molecule has 2 nitrogen and oxygen atoms in total. The monoisotopic (exact) mass is 597 g/mol. The summed E-state index contributed by atoms with van der Waals surface area (Å²) in [6.07, 6.45) is 52.3. The van der Waals surface area contributed by atoms with Gasteiger partial charge in [0, 0.05) is 0 Å². The van der Waals surface area contributed by atoms with E-state index in [0.717, 1.165) is 6.54 Å². The highest BCUT2D eigenvalue weighted by atomic mass is 14.5. The normalized spacial score (nSPS) is 10.9. The van der Waals surface area contributed by atoms with Crippen molar-refractivity contribution in [1.82, 2.24) is 6.15 Å². The minimum Gasteiger partial charge on any atom is -0.344 e. The highest BCUT2D eigenvalue weighted by Crippen LogP contribution is 2.15. The van der Waals surface area contributed by atoms with Crippen LogP contribution in [-0.4, -0.2) is 6.54 Å². The summed E-state index contributed by atoms with van der Waals surface area (Å²) in [5.41, 5.74) is 5.48. The Morgan fingerprint density at radius 2 is 0.333 bits per heavy atom. The number of unbranched alkanes of at least 4 members (excludes halogenated alkanes) is 34. The van der Waals surface area contributed by atoms with Crippen LogP contribution in [0.4, 0.5) is 0 Å².